The Labute approximate surface area is 328 Å². The van der Waals surface area contributed by atoms with Gasteiger partial charge in [-0.15, -0.1) is 0 Å². The molecule has 0 fully saturated rings. The summed E-state index contributed by atoms with van der Waals surface area (Å²) >= 11 is 0. The summed E-state index contributed by atoms with van der Waals surface area (Å²) in [4.78, 5) is 14.8. The molecule has 0 bridgehead atoms. The van der Waals surface area contributed by atoms with Crippen LogP contribution in [0.4, 0.5) is 0 Å². The molecule has 1 aliphatic heterocycles. The zero-order valence-electron chi connectivity index (χ0n) is 30.6. The molecule has 5 nitrogen and oxygen atoms in total. The molecular formula is C52H31N3O2. The Bertz CT molecular complexity index is 3120. The van der Waals surface area contributed by atoms with E-state index in [1.165, 1.54) is 22.3 Å². The molecule has 12 rings (SSSR count). The first-order valence-electron chi connectivity index (χ1n) is 19.2. The fourth-order valence-corrected chi connectivity index (χ4v) is 9.07. The molecular weight excluding hydrogens is 699 g/mol. The predicted octanol–water partition coefficient (Wildman–Crippen LogP) is 12.9. The van der Waals surface area contributed by atoms with Crippen LogP contribution in [0.15, 0.2) is 192 Å². The molecule has 10 aromatic rings. The van der Waals surface area contributed by atoms with Gasteiger partial charge in [0, 0.05) is 38.6 Å². The average molecular weight is 730 g/mol. The molecule has 0 saturated heterocycles. The minimum Gasteiger partial charge on any atom is -0.457 e. The van der Waals surface area contributed by atoms with Crippen molar-refractivity contribution in [3.05, 3.63) is 210 Å². The lowest BCUT2D eigenvalue weighted by Crippen LogP contribution is -2.32. The van der Waals surface area contributed by atoms with E-state index in [-0.39, 0.29) is 0 Å². The quantitative estimate of drug-likeness (QED) is 0.180. The van der Waals surface area contributed by atoms with Gasteiger partial charge in [-0.25, -0.2) is 15.0 Å². The molecule has 2 aromatic heterocycles. The number of hydrogen-bond donors (Lipinski definition) is 0. The molecule has 0 atom stereocenters. The molecule has 2 aliphatic rings. The van der Waals surface area contributed by atoms with E-state index in [1.54, 1.807) is 0 Å². The third kappa shape index (κ3) is 4.72. The van der Waals surface area contributed by atoms with Crippen LogP contribution in [0.5, 0.6) is 11.5 Å². The Morgan fingerprint density at radius 1 is 0.333 bits per heavy atom. The van der Waals surface area contributed by atoms with E-state index in [1.807, 2.05) is 66.7 Å². The maximum atomic E-state index is 6.68. The lowest BCUT2D eigenvalue weighted by molar-refractivity contribution is 0.436. The van der Waals surface area contributed by atoms with Crippen molar-refractivity contribution in [3.63, 3.8) is 0 Å². The summed E-state index contributed by atoms with van der Waals surface area (Å²) in [6, 6.07) is 65.5. The van der Waals surface area contributed by atoms with Crippen LogP contribution >= 0.6 is 0 Å². The molecule has 0 N–H and O–H groups in total. The van der Waals surface area contributed by atoms with Crippen molar-refractivity contribution in [3.8, 4) is 67.9 Å². The summed E-state index contributed by atoms with van der Waals surface area (Å²) in [7, 11) is 0. The molecule has 57 heavy (non-hydrogen) atoms. The van der Waals surface area contributed by atoms with Crippen molar-refractivity contribution < 1.29 is 9.15 Å². The molecule has 8 aromatic carbocycles. The molecule has 0 radical (unpaired) electrons. The van der Waals surface area contributed by atoms with Gasteiger partial charge < -0.3 is 9.15 Å². The lowest BCUT2D eigenvalue weighted by Gasteiger charge is -2.39. The average Bonchev–Trinajstić information content (AvgIpc) is 3.80. The highest BCUT2D eigenvalue weighted by Crippen LogP contribution is 2.62. The van der Waals surface area contributed by atoms with Crippen LogP contribution in [0.3, 0.4) is 0 Å². The first-order valence-corrected chi connectivity index (χ1v) is 19.2. The first-order chi connectivity index (χ1) is 28.2. The Morgan fingerprint density at radius 2 is 0.789 bits per heavy atom. The highest BCUT2D eigenvalue weighted by Gasteiger charge is 2.51. The Morgan fingerprint density at radius 3 is 1.42 bits per heavy atom. The minimum atomic E-state index is -0.525. The fourth-order valence-electron chi connectivity index (χ4n) is 9.07. The number of fused-ring (bicyclic) bond motifs is 12. The summed E-state index contributed by atoms with van der Waals surface area (Å²) in [5.41, 5.74) is 13.3. The van der Waals surface area contributed by atoms with Crippen LogP contribution in [0.2, 0.25) is 0 Å². The smallest absolute Gasteiger partial charge is 0.164 e. The van der Waals surface area contributed by atoms with Gasteiger partial charge >= 0.3 is 0 Å². The van der Waals surface area contributed by atoms with E-state index in [4.69, 9.17) is 24.1 Å². The number of para-hydroxylation sites is 1. The first kappa shape index (κ1) is 31.7. The third-order valence-electron chi connectivity index (χ3n) is 11.6. The maximum Gasteiger partial charge on any atom is 0.164 e. The summed E-state index contributed by atoms with van der Waals surface area (Å²) in [5, 5.41) is 2.09. The lowest BCUT2D eigenvalue weighted by atomic mass is 9.66. The van der Waals surface area contributed by atoms with E-state index in [0.29, 0.717) is 17.5 Å². The van der Waals surface area contributed by atoms with Crippen molar-refractivity contribution in [1.29, 1.82) is 0 Å². The highest BCUT2D eigenvalue weighted by atomic mass is 16.5. The van der Waals surface area contributed by atoms with Gasteiger partial charge in [-0.1, -0.05) is 146 Å². The van der Waals surface area contributed by atoms with Crippen molar-refractivity contribution in [2.45, 2.75) is 5.41 Å². The van der Waals surface area contributed by atoms with E-state index < -0.39 is 5.41 Å². The number of benzene rings is 8. The van der Waals surface area contributed by atoms with Gasteiger partial charge in [-0.2, -0.15) is 0 Å². The predicted molar refractivity (Wildman–Crippen MR) is 226 cm³/mol. The Hall–Kier alpha value is -7.63. The summed E-state index contributed by atoms with van der Waals surface area (Å²) in [5.74, 6) is 3.59. The van der Waals surface area contributed by atoms with Crippen LogP contribution in [0.25, 0.3) is 78.4 Å². The van der Waals surface area contributed by atoms with Crippen molar-refractivity contribution in [2.24, 2.45) is 0 Å². The third-order valence-corrected chi connectivity index (χ3v) is 11.6. The second-order valence-corrected chi connectivity index (χ2v) is 14.7. The molecule has 0 amide bonds. The number of nitrogens with zero attached hydrogens (tertiary/aromatic N) is 3. The number of furan rings is 1. The molecule has 0 unspecified atom stereocenters. The molecule has 266 valence electrons. The van der Waals surface area contributed by atoms with E-state index in [9.17, 15) is 0 Å². The van der Waals surface area contributed by atoms with E-state index in [2.05, 4.69) is 121 Å². The van der Waals surface area contributed by atoms with E-state index in [0.717, 1.165) is 72.4 Å². The largest absolute Gasteiger partial charge is 0.457 e. The molecule has 5 heteroatoms. The van der Waals surface area contributed by atoms with Crippen LogP contribution in [-0.4, -0.2) is 15.0 Å². The van der Waals surface area contributed by atoms with Crippen LogP contribution in [-0.2, 0) is 5.41 Å². The Balaban J connectivity index is 0.986. The van der Waals surface area contributed by atoms with Crippen LogP contribution in [0, 0.1) is 0 Å². The second kappa shape index (κ2) is 12.2. The topological polar surface area (TPSA) is 61.0 Å². The van der Waals surface area contributed by atoms with Crippen molar-refractivity contribution in [2.75, 3.05) is 0 Å². The highest BCUT2D eigenvalue weighted by molar-refractivity contribution is 6.07. The van der Waals surface area contributed by atoms with Gasteiger partial charge in [0.05, 0.1) is 5.41 Å². The van der Waals surface area contributed by atoms with Gasteiger partial charge in [0.15, 0.2) is 17.5 Å². The van der Waals surface area contributed by atoms with E-state index >= 15 is 0 Å². The second-order valence-electron chi connectivity index (χ2n) is 14.7. The van der Waals surface area contributed by atoms with Crippen molar-refractivity contribution in [1.82, 2.24) is 15.0 Å². The molecule has 0 saturated carbocycles. The number of rotatable bonds is 4. The van der Waals surface area contributed by atoms with Gasteiger partial charge in [0.2, 0.25) is 0 Å². The SMILES string of the molecule is c1ccc(-c2nc(-c3ccccc3)nc(-c3ccc4c(c3)oc3cc(-c5ccc6c(c5)C5(c7ccccc7O6)c6ccccc6-c6ccccc65)ccc34)n2)cc1. The minimum absolute atomic E-state index is 0.525. The zero-order chi connectivity index (χ0) is 37.5. The van der Waals surface area contributed by atoms with Crippen LogP contribution < -0.4 is 4.74 Å². The van der Waals surface area contributed by atoms with Gasteiger partial charge in [0.1, 0.15) is 22.7 Å². The maximum absolute atomic E-state index is 6.68. The van der Waals surface area contributed by atoms with Crippen molar-refractivity contribution >= 4 is 21.9 Å². The number of hydrogen-bond acceptors (Lipinski definition) is 5. The van der Waals surface area contributed by atoms with Crippen LogP contribution in [0.1, 0.15) is 22.3 Å². The number of ether oxygens (including phenoxy) is 1. The fraction of sp³-hybridized carbons (Fsp3) is 0.0192. The normalized spacial score (nSPS) is 13.2. The Kier molecular flexibility index (Phi) is 6.78. The van der Waals surface area contributed by atoms with Gasteiger partial charge in [-0.05, 0) is 75.8 Å². The van der Waals surface area contributed by atoms with Gasteiger partial charge in [0.25, 0.3) is 0 Å². The number of aromatic nitrogens is 3. The molecule has 1 aliphatic carbocycles. The summed E-state index contributed by atoms with van der Waals surface area (Å²) in [6.07, 6.45) is 0. The van der Waals surface area contributed by atoms with Gasteiger partial charge in [-0.3, -0.25) is 0 Å². The monoisotopic (exact) mass is 729 g/mol. The molecule has 3 heterocycles. The molecule has 1 spiro atoms. The zero-order valence-corrected chi connectivity index (χ0v) is 30.6. The summed E-state index contributed by atoms with van der Waals surface area (Å²) < 4.78 is 13.3. The summed E-state index contributed by atoms with van der Waals surface area (Å²) in [6.45, 7) is 0. The standard InChI is InChI=1S/C52H31N3O2/c1-3-13-32(14-4-1)49-53-50(33-15-5-2-6-16-33)55-51(54-49)36-24-27-40-39-26-23-35(30-47(39)57-48(40)31-36)34-25-28-46-44(29-34)52(43-21-11-12-22-45(43)56-46)41-19-9-7-17-37(41)38-18-8-10-20-42(38)52/h1-31H.